The second-order valence-corrected chi connectivity index (χ2v) is 6.76. The molecule has 2 aliphatic rings. The second kappa shape index (κ2) is 5.40. The molecule has 1 saturated carbocycles. The highest BCUT2D eigenvalue weighted by Gasteiger charge is 2.41. The maximum atomic E-state index is 9.43. The van der Waals surface area contributed by atoms with Gasteiger partial charge in [0, 0.05) is 6.61 Å². The minimum Gasteiger partial charge on any atom is -0.487 e. The van der Waals surface area contributed by atoms with Crippen LogP contribution in [0.4, 0.5) is 0 Å². The maximum absolute atomic E-state index is 9.43. The van der Waals surface area contributed by atoms with E-state index in [0.29, 0.717) is 5.92 Å². The van der Waals surface area contributed by atoms with E-state index in [2.05, 4.69) is 26.0 Å². The summed E-state index contributed by atoms with van der Waals surface area (Å²) in [5, 5.41) is 9.43. The number of hydrogen-bond donors (Lipinski definition) is 1. The summed E-state index contributed by atoms with van der Waals surface area (Å²) in [6, 6.07) is 4.48. The highest BCUT2D eigenvalue weighted by atomic mass is 16.5. The highest BCUT2D eigenvalue weighted by Crippen LogP contribution is 2.49. The van der Waals surface area contributed by atoms with Crippen molar-refractivity contribution in [3.63, 3.8) is 0 Å². The Morgan fingerprint density at radius 3 is 2.65 bits per heavy atom. The maximum Gasteiger partial charge on any atom is 0.126 e. The predicted molar refractivity (Wildman–Crippen MR) is 81.4 cm³/mol. The lowest BCUT2D eigenvalue weighted by Crippen LogP contribution is -2.43. The zero-order valence-corrected chi connectivity index (χ0v) is 12.7. The minimum absolute atomic E-state index is 0.0467. The SMILES string of the molecule is Cc1cc(C)c2c(c1)C(CCO)CC1(CCCCC1)O2. The first kappa shape index (κ1) is 13.9. The number of hydrogen-bond acceptors (Lipinski definition) is 2. The molecule has 1 aliphatic carbocycles. The second-order valence-electron chi connectivity index (χ2n) is 6.76. The van der Waals surface area contributed by atoms with E-state index in [1.807, 2.05) is 0 Å². The van der Waals surface area contributed by atoms with E-state index in [4.69, 9.17) is 4.74 Å². The summed E-state index contributed by atoms with van der Waals surface area (Å²) in [7, 11) is 0. The Bertz CT molecular complexity index is 486. The third kappa shape index (κ3) is 2.46. The molecule has 2 nitrogen and oxygen atoms in total. The lowest BCUT2D eigenvalue weighted by Gasteiger charge is -2.45. The highest BCUT2D eigenvalue weighted by molar-refractivity contribution is 5.47. The average Bonchev–Trinajstić information content (AvgIpc) is 2.42. The lowest BCUT2D eigenvalue weighted by molar-refractivity contribution is -0.00190. The van der Waals surface area contributed by atoms with Gasteiger partial charge < -0.3 is 9.84 Å². The predicted octanol–water partition coefficient (Wildman–Crippen LogP) is 4.25. The topological polar surface area (TPSA) is 29.5 Å². The van der Waals surface area contributed by atoms with Crippen molar-refractivity contribution in [3.05, 3.63) is 28.8 Å². The molecule has 1 atom stereocenters. The molecule has 0 bridgehead atoms. The van der Waals surface area contributed by atoms with Crippen LogP contribution in [0.3, 0.4) is 0 Å². The molecule has 1 unspecified atom stereocenters. The van der Waals surface area contributed by atoms with Gasteiger partial charge in [0.15, 0.2) is 0 Å². The van der Waals surface area contributed by atoms with Gasteiger partial charge >= 0.3 is 0 Å². The fraction of sp³-hybridized carbons (Fsp3) is 0.667. The molecule has 0 saturated heterocycles. The van der Waals surface area contributed by atoms with Crippen LogP contribution in [-0.2, 0) is 0 Å². The summed E-state index contributed by atoms with van der Waals surface area (Å²) in [6.45, 7) is 4.57. The lowest BCUT2D eigenvalue weighted by atomic mass is 9.73. The smallest absolute Gasteiger partial charge is 0.126 e. The van der Waals surface area contributed by atoms with Gasteiger partial charge in [0.2, 0.25) is 0 Å². The number of aliphatic hydroxyl groups excluding tert-OH is 1. The van der Waals surface area contributed by atoms with Gasteiger partial charge in [0.25, 0.3) is 0 Å². The standard InChI is InChI=1S/C18H26O2/c1-13-10-14(2)17-16(11-13)15(6-9-19)12-18(20-17)7-4-3-5-8-18/h10-11,15,19H,3-9,12H2,1-2H3. The molecule has 0 radical (unpaired) electrons. The molecule has 1 fully saturated rings. The van der Waals surface area contributed by atoms with E-state index in [-0.39, 0.29) is 12.2 Å². The molecule has 0 aromatic heterocycles. The monoisotopic (exact) mass is 274 g/mol. The molecule has 0 amide bonds. The minimum atomic E-state index is 0.0467. The zero-order chi connectivity index (χ0) is 14.2. The van der Waals surface area contributed by atoms with Gasteiger partial charge in [-0.15, -0.1) is 0 Å². The first-order valence-corrected chi connectivity index (χ1v) is 8.05. The van der Waals surface area contributed by atoms with Crippen LogP contribution >= 0.6 is 0 Å². The van der Waals surface area contributed by atoms with Gasteiger partial charge in [-0.25, -0.2) is 0 Å². The third-order valence-electron chi connectivity index (χ3n) is 5.07. The largest absolute Gasteiger partial charge is 0.487 e. The number of rotatable bonds is 2. The number of ether oxygens (including phenoxy) is 1. The van der Waals surface area contributed by atoms with Gasteiger partial charge in [-0.3, -0.25) is 0 Å². The molecule has 110 valence electrons. The third-order valence-corrected chi connectivity index (χ3v) is 5.07. The molecule has 20 heavy (non-hydrogen) atoms. The molecular weight excluding hydrogens is 248 g/mol. The first-order valence-electron chi connectivity index (χ1n) is 8.05. The number of aryl methyl sites for hydroxylation is 2. The molecule has 1 spiro atoms. The van der Waals surface area contributed by atoms with Crippen molar-refractivity contribution in [2.45, 2.75) is 70.3 Å². The van der Waals surface area contributed by atoms with Crippen LogP contribution in [0.25, 0.3) is 0 Å². The van der Waals surface area contributed by atoms with Crippen molar-refractivity contribution >= 4 is 0 Å². The normalized spacial score (nSPS) is 24.2. The van der Waals surface area contributed by atoms with Crippen molar-refractivity contribution in [2.75, 3.05) is 6.61 Å². The van der Waals surface area contributed by atoms with Crippen LogP contribution < -0.4 is 4.74 Å². The molecule has 1 aromatic carbocycles. The Morgan fingerprint density at radius 2 is 1.95 bits per heavy atom. The summed E-state index contributed by atoms with van der Waals surface area (Å²) in [5.41, 5.74) is 3.93. The van der Waals surface area contributed by atoms with E-state index in [9.17, 15) is 5.11 Å². The summed E-state index contributed by atoms with van der Waals surface area (Å²) < 4.78 is 6.54. The Kier molecular flexibility index (Phi) is 3.76. The van der Waals surface area contributed by atoms with Crippen molar-refractivity contribution in [2.24, 2.45) is 0 Å². The van der Waals surface area contributed by atoms with Crippen LogP contribution in [0.1, 0.15) is 67.6 Å². The first-order chi connectivity index (χ1) is 9.63. The Hall–Kier alpha value is -1.02. The van der Waals surface area contributed by atoms with Crippen LogP contribution in [-0.4, -0.2) is 17.3 Å². The molecule has 2 heteroatoms. The number of benzene rings is 1. The summed E-state index contributed by atoms with van der Waals surface area (Å²) in [4.78, 5) is 0. The van der Waals surface area contributed by atoms with Gasteiger partial charge in [0.05, 0.1) is 0 Å². The van der Waals surface area contributed by atoms with E-state index >= 15 is 0 Å². The van der Waals surface area contributed by atoms with E-state index in [1.165, 1.54) is 48.8 Å². The van der Waals surface area contributed by atoms with Crippen molar-refractivity contribution in [1.82, 2.24) is 0 Å². The fourth-order valence-electron chi connectivity index (χ4n) is 4.16. The molecule has 1 N–H and O–H groups in total. The molecule has 1 heterocycles. The Morgan fingerprint density at radius 1 is 1.20 bits per heavy atom. The Labute approximate surface area is 122 Å². The van der Waals surface area contributed by atoms with Gasteiger partial charge in [-0.2, -0.15) is 0 Å². The molecule has 1 aliphatic heterocycles. The van der Waals surface area contributed by atoms with Crippen LogP contribution in [0.2, 0.25) is 0 Å². The molecule has 1 aromatic rings. The zero-order valence-electron chi connectivity index (χ0n) is 12.7. The van der Waals surface area contributed by atoms with Crippen LogP contribution in [0, 0.1) is 13.8 Å². The van der Waals surface area contributed by atoms with Crippen molar-refractivity contribution in [3.8, 4) is 5.75 Å². The van der Waals surface area contributed by atoms with E-state index in [0.717, 1.165) is 18.6 Å². The molecular formula is C18H26O2. The average molecular weight is 274 g/mol. The summed E-state index contributed by atoms with van der Waals surface area (Å²) in [6.07, 6.45) is 8.22. The van der Waals surface area contributed by atoms with Crippen LogP contribution in [0.5, 0.6) is 5.75 Å². The summed E-state index contributed by atoms with van der Waals surface area (Å²) >= 11 is 0. The van der Waals surface area contributed by atoms with E-state index in [1.54, 1.807) is 0 Å². The van der Waals surface area contributed by atoms with Gasteiger partial charge in [-0.05, 0) is 69.4 Å². The summed E-state index contributed by atoms with van der Waals surface area (Å²) in [5.74, 6) is 1.57. The number of fused-ring (bicyclic) bond motifs is 1. The van der Waals surface area contributed by atoms with Crippen molar-refractivity contribution in [1.29, 1.82) is 0 Å². The van der Waals surface area contributed by atoms with Gasteiger partial charge in [-0.1, -0.05) is 24.1 Å². The van der Waals surface area contributed by atoms with Crippen LogP contribution in [0.15, 0.2) is 12.1 Å². The molecule has 3 rings (SSSR count). The van der Waals surface area contributed by atoms with Gasteiger partial charge in [0.1, 0.15) is 11.4 Å². The van der Waals surface area contributed by atoms with E-state index < -0.39 is 0 Å². The Balaban J connectivity index is 2.00. The number of aliphatic hydroxyl groups is 1. The quantitative estimate of drug-likeness (QED) is 0.873. The fourth-order valence-corrected chi connectivity index (χ4v) is 4.16. The van der Waals surface area contributed by atoms with Crippen molar-refractivity contribution < 1.29 is 9.84 Å².